The van der Waals surface area contributed by atoms with Gasteiger partial charge in [-0.1, -0.05) is 41.9 Å². The summed E-state index contributed by atoms with van der Waals surface area (Å²) in [6, 6.07) is 21.6. The second-order valence-electron chi connectivity index (χ2n) is 13.3. The molecule has 1 saturated heterocycles. The van der Waals surface area contributed by atoms with Crippen LogP contribution >= 0.6 is 11.6 Å². The van der Waals surface area contributed by atoms with Gasteiger partial charge in [-0.15, -0.1) is 0 Å². The van der Waals surface area contributed by atoms with E-state index in [1.54, 1.807) is 30.5 Å². The number of nitrogens with two attached hydrogens (primary N) is 1. The Hall–Kier alpha value is -5.54. The molecule has 0 radical (unpaired) electrons. The Morgan fingerprint density at radius 1 is 0.907 bits per heavy atom. The Morgan fingerprint density at radius 2 is 1.69 bits per heavy atom. The molecule has 6 rings (SSSR count). The zero-order valence-corrected chi connectivity index (χ0v) is 31.4. The fraction of sp³-hybridized carbons (Fsp3) is 0.310. The van der Waals surface area contributed by atoms with E-state index in [1.807, 2.05) is 12.1 Å². The van der Waals surface area contributed by atoms with Crippen LogP contribution in [-0.4, -0.2) is 52.0 Å². The van der Waals surface area contributed by atoms with Gasteiger partial charge in [-0.05, 0) is 98.3 Å². The lowest BCUT2D eigenvalue weighted by Crippen LogP contribution is -2.22. The molecular formula is C42H44ClN7O4. The summed E-state index contributed by atoms with van der Waals surface area (Å²) in [6.45, 7) is 9.55. The normalized spacial score (nSPS) is 12.7. The molecule has 5 aromatic rings. The average molecular weight is 746 g/mol. The molecule has 0 atom stereocenters. The lowest BCUT2D eigenvalue weighted by Gasteiger charge is -2.19. The Balaban J connectivity index is 1.17. The van der Waals surface area contributed by atoms with Crippen molar-refractivity contribution in [2.24, 2.45) is 5.73 Å². The number of aromatic nitrogens is 3. The number of carbonyl (C=O) groups is 1. The highest BCUT2D eigenvalue weighted by Crippen LogP contribution is 2.36. The van der Waals surface area contributed by atoms with Crippen molar-refractivity contribution >= 4 is 17.5 Å². The molecule has 0 saturated carbocycles. The summed E-state index contributed by atoms with van der Waals surface area (Å²) < 4.78 is 18.9. The number of hydrogen-bond acceptors (Lipinski definition) is 10. The van der Waals surface area contributed by atoms with E-state index in [0.717, 1.165) is 57.7 Å². The Kier molecular flexibility index (Phi) is 13.1. The minimum Gasteiger partial charge on any atom is -0.493 e. The van der Waals surface area contributed by atoms with Crippen molar-refractivity contribution in [2.75, 3.05) is 26.2 Å². The standard InChI is InChI=1S/C42H44ClN7O4/c1-28-32(8-5-9-35(28)36-10-6-11-38(29(36)2)52-17-7-16-50-14-3-4-15-50)27-54-40-20-39(53-26-31-18-30(21-44)22-46-23-31)33(19-37(40)43)24-47-25-34-12-13-48-42(49-34)41(45)51/h5-6,8-13,18-20,22-23,47H,3-4,7,14-17,24-27H2,1-2H3,(H2,45,51). The number of carbonyl (C=O) groups excluding carboxylic acids is 1. The van der Waals surface area contributed by atoms with Crippen LogP contribution in [0.4, 0.5) is 0 Å². The summed E-state index contributed by atoms with van der Waals surface area (Å²) in [5, 5.41) is 13.1. The van der Waals surface area contributed by atoms with Crippen LogP contribution in [0, 0.1) is 25.2 Å². The molecule has 0 aliphatic carbocycles. The highest BCUT2D eigenvalue weighted by Gasteiger charge is 2.16. The molecule has 3 N–H and O–H groups in total. The summed E-state index contributed by atoms with van der Waals surface area (Å²) >= 11 is 6.83. The number of nitrogens with one attached hydrogen (secondary N) is 1. The van der Waals surface area contributed by atoms with Crippen molar-refractivity contribution in [2.45, 2.75) is 59.4 Å². The molecule has 0 bridgehead atoms. The number of rotatable bonds is 17. The topological polar surface area (TPSA) is 149 Å². The van der Waals surface area contributed by atoms with E-state index in [4.69, 9.17) is 31.5 Å². The number of primary amides is 1. The number of nitrogens with zero attached hydrogens (tertiary/aromatic N) is 5. The van der Waals surface area contributed by atoms with E-state index in [1.165, 1.54) is 38.3 Å². The number of pyridine rings is 1. The van der Waals surface area contributed by atoms with Gasteiger partial charge >= 0.3 is 0 Å². The molecular weight excluding hydrogens is 702 g/mol. The van der Waals surface area contributed by atoms with Gasteiger partial charge in [0.05, 0.1) is 22.9 Å². The number of amides is 1. The predicted octanol–water partition coefficient (Wildman–Crippen LogP) is 7.09. The molecule has 3 heterocycles. The average Bonchev–Trinajstić information content (AvgIpc) is 3.71. The zero-order chi connectivity index (χ0) is 37.9. The molecule has 1 aliphatic rings. The van der Waals surface area contributed by atoms with Gasteiger partial charge in [0, 0.05) is 55.4 Å². The van der Waals surface area contributed by atoms with Crippen molar-refractivity contribution in [1.82, 2.24) is 25.2 Å². The van der Waals surface area contributed by atoms with Crippen molar-refractivity contribution in [1.29, 1.82) is 5.26 Å². The third kappa shape index (κ3) is 9.90. The lowest BCUT2D eigenvalue weighted by atomic mass is 9.93. The smallest absolute Gasteiger partial charge is 0.286 e. The van der Waals surface area contributed by atoms with Crippen molar-refractivity contribution < 1.29 is 19.0 Å². The minimum atomic E-state index is -0.695. The number of nitriles is 1. The first-order valence-electron chi connectivity index (χ1n) is 18.1. The Bertz CT molecular complexity index is 2130. The van der Waals surface area contributed by atoms with Crippen LogP contribution in [0.5, 0.6) is 17.2 Å². The molecule has 1 aliphatic heterocycles. The maximum absolute atomic E-state index is 11.5. The summed E-state index contributed by atoms with van der Waals surface area (Å²) in [7, 11) is 0. The number of halogens is 1. The van der Waals surface area contributed by atoms with Crippen LogP contribution in [0.3, 0.4) is 0 Å². The van der Waals surface area contributed by atoms with Crippen LogP contribution in [0.2, 0.25) is 5.02 Å². The Labute approximate surface area is 321 Å². The van der Waals surface area contributed by atoms with E-state index in [0.29, 0.717) is 47.5 Å². The lowest BCUT2D eigenvalue weighted by molar-refractivity contribution is 0.0990. The number of likely N-dealkylation sites (tertiary alicyclic amines) is 1. The van der Waals surface area contributed by atoms with Gasteiger partial charge in [-0.3, -0.25) is 9.78 Å². The summed E-state index contributed by atoms with van der Waals surface area (Å²) in [5.41, 5.74) is 13.4. The molecule has 278 valence electrons. The highest BCUT2D eigenvalue weighted by molar-refractivity contribution is 6.32. The molecule has 54 heavy (non-hydrogen) atoms. The second-order valence-corrected chi connectivity index (χ2v) is 13.7. The van der Waals surface area contributed by atoms with Gasteiger partial charge < -0.3 is 30.2 Å². The van der Waals surface area contributed by atoms with Gasteiger partial charge in [-0.2, -0.15) is 5.26 Å². The van der Waals surface area contributed by atoms with E-state index in [9.17, 15) is 10.1 Å². The van der Waals surface area contributed by atoms with Crippen molar-refractivity contribution in [3.05, 3.63) is 129 Å². The van der Waals surface area contributed by atoms with Crippen LogP contribution in [0.25, 0.3) is 11.1 Å². The van der Waals surface area contributed by atoms with Crippen molar-refractivity contribution in [3.8, 4) is 34.4 Å². The monoisotopic (exact) mass is 745 g/mol. The molecule has 1 fully saturated rings. The molecule has 11 nitrogen and oxygen atoms in total. The van der Waals surface area contributed by atoms with Gasteiger partial charge in [0.2, 0.25) is 5.82 Å². The quantitative estimate of drug-likeness (QED) is 0.0945. The van der Waals surface area contributed by atoms with E-state index >= 15 is 0 Å². The first kappa shape index (κ1) is 38.2. The van der Waals surface area contributed by atoms with Crippen molar-refractivity contribution in [3.63, 3.8) is 0 Å². The Morgan fingerprint density at radius 3 is 2.48 bits per heavy atom. The molecule has 0 spiro atoms. The van der Waals surface area contributed by atoms with Crippen LogP contribution in [0.15, 0.2) is 79.3 Å². The third-order valence-electron chi connectivity index (χ3n) is 9.47. The third-order valence-corrected chi connectivity index (χ3v) is 9.76. The van der Waals surface area contributed by atoms with Gasteiger partial charge in [0.15, 0.2) is 0 Å². The van der Waals surface area contributed by atoms with E-state index < -0.39 is 5.91 Å². The van der Waals surface area contributed by atoms with E-state index in [2.05, 4.69) is 69.4 Å². The first-order chi connectivity index (χ1) is 26.3. The fourth-order valence-corrected chi connectivity index (χ4v) is 6.75. The van der Waals surface area contributed by atoms with Gasteiger partial charge in [-0.25, -0.2) is 9.97 Å². The summed E-state index contributed by atoms with van der Waals surface area (Å²) in [5.74, 6) is 1.17. The SMILES string of the molecule is Cc1c(COc2cc(OCc3cncc(C#N)c3)c(CNCc3ccnc(C(N)=O)n3)cc2Cl)cccc1-c1cccc(OCCCN2CCCC2)c1C. The predicted molar refractivity (Wildman–Crippen MR) is 207 cm³/mol. The maximum atomic E-state index is 11.5. The molecule has 0 unspecified atom stereocenters. The highest BCUT2D eigenvalue weighted by atomic mass is 35.5. The summed E-state index contributed by atoms with van der Waals surface area (Å²) in [6.07, 6.45) is 8.26. The fourth-order valence-electron chi connectivity index (χ4n) is 6.51. The zero-order valence-electron chi connectivity index (χ0n) is 30.6. The van der Waals surface area contributed by atoms with Gasteiger partial charge in [0.25, 0.3) is 5.91 Å². The molecule has 1 amide bonds. The molecule has 12 heteroatoms. The largest absolute Gasteiger partial charge is 0.493 e. The first-order valence-corrected chi connectivity index (χ1v) is 18.4. The summed E-state index contributed by atoms with van der Waals surface area (Å²) in [4.78, 5) is 26.3. The van der Waals surface area contributed by atoms with Gasteiger partial charge in [0.1, 0.15) is 36.5 Å². The number of hydrogen-bond donors (Lipinski definition) is 2. The minimum absolute atomic E-state index is 0.0480. The van der Waals surface area contributed by atoms with Crippen LogP contribution in [-0.2, 0) is 26.3 Å². The van der Waals surface area contributed by atoms with Crippen LogP contribution in [0.1, 0.15) is 69.0 Å². The maximum Gasteiger partial charge on any atom is 0.286 e. The number of benzene rings is 3. The van der Waals surface area contributed by atoms with E-state index in [-0.39, 0.29) is 19.0 Å². The molecule has 2 aromatic heterocycles. The van der Waals surface area contributed by atoms with Crippen LogP contribution < -0.4 is 25.3 Å². The molecule has 3 aromatic carbocycles. The number of ether oxygens (including phenoxy) is 3. The second kappa shape index (κ2) is 18.5.